The van der Waals surface area contributed by atoms with Gasteiger partial charge in [-0.3, -0.25) is 0 Å². The van der Waals surface area contributed by atoms with Crippen LogP contribution < -0.4 is 9.47 Å². The van der Waals surface area contributed by atoms with Crippen LogP contribution in [0.4, 0.5) is 5.13 Å². The Labute approximate surface area is 189 Å². The highest BCUT2D eigenvalue weighted by molar-refractivity contribution is 7.13. The molecule has 162 valence electrons. The van der Waals surface area contributed by atoms with E-state index in [2.05, 4.69) is 34.6 Å². The molecule has 4 rings (SSSR count). The molecule has 0 unspecified atom stereocenters. The van der Waals surface area contributed by atoms with Gasteiger partial charge in [0.25, 0.3) is 0 Å². The monoisotopic (exact) mass is 434 g/mol. The van der Waals surface area contributed by atoms with Crippen molar-refractivity contribution in [1.82, 2.24) is 4.98 Å². The van der Waals surface area contributed by atoms with E-state index in [9.17, 15) is 0 Å². The van der Waals surface area contributed by atoms with Crippen LogP contribution in [0.1, 0.15) is 63.0 Å². The Balaban J connectivity index is 1.45. The average molecular weight is 435 g/mol. The molecule has 4 nitrogen and oxygen atoms in total. The second kappa shape index (κ2) is 10.6. The number of aromatic nitrogens is 1. The summed E-state index contributed by atoms with van der Waals surface area (Å²) in [7, 11) is 0. The highest BCUT2D eigenvalue weighted by Gasteiger charge is 2.15. The first kappa shape index (κ1) is 21.6. The highest BCUT2D eigenvalue weighted by atomic mass is 32.1. The molecule has 1 aliphatic carbocycles. The number of hydrogen-bond acceptors (Lipinski definition) is 5. The molecule has 0 bridgehead atoms. The minimum Gasteiger partial charge on any atom is -0.490 e. The number of ether oxygens (including phenoxy) is 2. The normalized spacial score (nSPS) is 14.8. The first-order chi connectivity index (χ1) is 15.3. The van der Waals surface area contributed by atoms with Crippen molar-refractivity contribution in [3.8, 4) is 22.8 Å². The third kappa shape index (κ3) is 5.53. The molecule has 1 heterocycles. The quantitative estimate of drug-likeness (QED) is 0.347. The van der Waals surface area contributed by atoms with Crippen molar-refractivity contribution < 1.29 is 9.47 Å². The molecule has 0 radical (unpaired) electrons. The van der Waals surface area contributed by atoms with Crippen LogP contribution in [0.25, 0.3) is 11.3 Å². The Morgan fingerprint density at radius 3 is 2.45 bits per heavy atom. The molecule has 1 aromatic heterocycles. The van der Waals surface area contributed by atoms with E-state index < -0.39 is 0 Å². The summed E-state index contributed by atoms with van der Waals surface area (Å²) in [4.78, 5) is 9.28. The van der Waals surface area contributed by atoms with Gasteiger partial charge in [-0.2, -0.15) is 0 Å². The second-order valence-electron chi connectivity index (χ2n) is 7.80. The molecule has 3 aromatic rings. The lowest BCUT2D eigenvalue weighted by atomic mass is 9.84. The topological polar surface area (TPSA) is 43.7 Å². The van der Waals surface area contributed by atoms with E-state index in [4.69, 9.17) is 14.5 Å². The number of hydrogen-bond donors (Lipinski definition) is 0. The lowest BCUT2D eigenvalue weighted by Gasteiger charge is -2.22. The van der Waals surface area contributed by atoms with Crippen LogP contribution in [0.5, 0.6) is 11.5 Å². The van der Waals surface area contributed by atoms with E-state index in [0.29, 0.717) is 13.2 Å². The third-order valence-corrected chi connectivity index (χ3v) is 6.42. The molecule has 0 saturated heterocycles. The number of benzene rings is 2. The van der Waals surface area contributed by atoms with Crippen molar-refractivity contribution in [2.75, 3.05) is 13.2 Å². The molecule has 2 aromatic carbocycles. The van der Waals surface area contributed by atoms with Crippen LogP contribution >= 0.6 is 11.3 Å². The van der Waals surface area contributed by atoms with Gasteiger partial charge < -0.3 is 9.47 Å². The predicted molar refractivity (Wildman–Crippen MR) is 129 cm³/mol. The smallest absolute Gasteiger partial charge is 0.209 e. The maximum atomic E-state index is 5.70. The summed E-state index contributed by atoms with van der Waals surface area (Å²) in [6.07, 6.45) is 8.59. The van der Waals surface area contributed by atoms with E-state index >= 15 is 0 Å². The van der Waals surface area contributed by atoms with E-state index in [1.807, 2.05) is 38.3 Å². The van der Waals surface area contributed by atoms with Gasteiger partial charge in [0, 0.05) is 17.2 Å². The summed E-state index contributed by atoms with van der Waals surface area (Å²) in [6.45, 7) is 5.14. The van der Waals surface area contributed by atoms with Crippen molar-refractivity contribution in [2.45, 2.75) is 51.9 Å². The Morgan fingerprint density at radius 2 is 1.71 bits per heavy atom. The van der Waals surface area contributed by atoms with Gasteiger partial charge in [-0.05, 0) is 61.9 Å². The van der Waals surface area contributed by atoms with Gasteiger partial charge in [0.15, 0.2) is 11.5 Å². The zero-order chi connectivity index (χ0) is 21.5. The van der Waals surface area contributed by atoms with Crippen LogP contribution in [0, 0.1) is 0 Å². The van der Waals surface area contributed by atoms with Crippen molar-refractivity contribution in [3.63, 3.8) is 0 Å². The van der Waals surface area contributed by atoms with Gasteiger partial charge in [0.1, 0.15) is 0 Å². The predicted octanol–water partition coefficient (Wildman–Crippen LogP) is 7.41. The van der Waals surface area contributed by atoms with E-state index in [1.54, 1.807) is 11.3 Å². The maximum Gasteiger partial charge on any atom is 0.209 e. The summed E-state index contributed by atoms with van der Waals surface area (Å²) >= 11 is 1.56. The molecule has 0 spiro atoms. The average Bonchev–Trinajstić information content (AvgIpc) is 3.29. The summed E-state index contributed by atoms with van der Waals surface area (Å²) < 4.78 is 11.3. The number of rotatable bonds is 8. The first-order valence-corrected chi connectivity index (χ1v) is 12.1. The van der Waals surface area contributed by atoms with E-state index in [0.717, 1.165) is 39.4 Å². The minimum absolute atomic E-state index is 0.593. The van der Waals surface area contributed by atoms with Crippen molar-refractivity contribution >= 4 is 22.7 Å². The van der Waals surface area contributed by atoms with E-state index in [-0.39, 0.29) is 0 Å². The fourth-order valence-corrected chi connectivity index (χ4v) is 4.77. The Bertz CT molecular complexity index is 1000. The van der Waals surface area contributed by atoms with Crippen molar-refractivity contribution in [1.29, 1.82) is 0 Å². The first-order valence-electron chi connectivity index (χ1n) is 11.3. The van der Waals surface area contributed by atoms with Crippen molar-refractivity contribution in [3.05, 3.63) is 59.0 Å². The van der Waals surface area contributed by atoms with E-state index in [1.165, 1.54) is 37.7 Å². The number of nitrogens with zero attached hydrogens (tertiary/aromatic N) is 2. The lowest BCUT2D eigenvalue weighted by Crippen LogP contribution is -2.04. The second-order valence-corrected chi connectivity index (χ2v) is 8.64. The molecule has 1 fully saturated rings. The molecule has 0 amide bonds. The largest absolute Gasteiger partial charge is 0.490 e. The summed E-state index contributed by atoms with van der Waals surface area (Å²) in [6, 6.07) is 14.8. The minimum atomic E-state index is 0.593. The maximum absolute atomic E-state index is 5.70. The molecule has 0 N–H and O–H groups in total. The van der Waals surface area contributed by atoms with Crippen LogP contribution in [0.2, 0.25) is 0 Å². The van der Waals surface area contributed by atoms with Crippen LogP contribution in [0.3, 0.4) is 0 Å². The van der Waals surface area contributed by atoms with Gasteiger partial charge >= 0.3 is 0 Å². The third-order valence-electron chi connectivity index (χ3n) is 5.67. The van der Waals surface area contributed by atoms with Crippen LogP contribution in [0.15, 0.2) is 52.8 Å². The fraction of sp³-hybridized carbons (Fsp3) is 0.385. The SMILES string of the molecule is CCOc1ccc(C=Nc2nc(-c3ccc(C4CCCCC4)cc3)cs2)cc1OCC. The van der Waals surface area contributed by atoms with Crippen LogP contribution in [-0.4, -0.2) is 24.4 Å². The number of thiazole rings is 1. The molecule has 5 heteroatoms. The standard InChI is InChI=1S/C26H30N2O2S/c1-3-29-24-15-10-19(16-25(24)30-4-2)17-27-26-28-23(18-31-26)22-13-11-21(12-14-22)20-8-6-5-7-9-20/h10-18,20H,3-9H2,1-2H3. The molecule has 0 atom stereocenters. The van der Waals surface area contributed by atoms with Gasteiger partial charge in [-0.1, -0.05) is 43.5 Å². The highest BCUT2D eigenvalue weighted by Crippen LogP contribution is 2.34. The Morgan fingerprint density at radius 1 is 0.968 bits per heavy atom. The molecular weight excluding hydrogens is 404 g/mol. The summed E-state index contributed by atoms with van der Waals surface area (Å²) in [5, 5.41) is 2.82. The summed E-state index contributed by atoms with van der Waals surface area (Å²) in [5.74, 6) is 2.23. The van der Waals surface area contributed by atoms with Crippen LogP contribution in [-0.2, 0) is 0 Å². The molecule has 1 aliphatic rings. The fourth-order valence-electron chi connectivity index (χ4n) is 4.10. The molecule has 0 aliphatic heterocycles. The van der Waals surface area contributed by atoms with Gasteiger partial charge in [0.05, 0.1) is 18.9 Å². The number of aliphatic imine (C=N–C) groups is 1. The van der Waals surface area contributed by atoms with Gasteiger partial charge in [0.2, 0.25) is 5.13 Å². The molecule has 1 saturated carbocycles. The van der Waals surface area contributed by atoms with Gasteiger partial charge in [-0.25, -0.2) is 9.98 Å². The zero-order valence-electron chi connectivity index (χ0n) is 18.3. The molecule has 31 heavy (non-hydrogen) atoms. The van der Waals surface area contributed by atoms with Crippen molar-refractivity contribution in [2.24, 2.45) is 4.99 Å². The zero-order valence-corrected chi connectivity index (χ0v) is 19.2. The summed E-state index contributed by atoms with van der Waals surface area (Å²) in [5.41, 5.74) is 4.56. The Kier molecular flexibility index (Phi) is 7.36. The van der Waals surface area contributed by atoms with Gasteiger partial charge in [-0.15, -0.1) is 11.3 Å². The Hall–Kier alpha value is -2.66. The lowest BCUT2D eigenvalue weighted by molar-refractivity contribution is 0.288. The molecular formula is C26H30N2O2S.